The third-order valence-electron chi connectivity index (χ3n) is 3.89. The summed E-state index contributed by atoms with van der Waals surface area (Å²) >= 11 is 0. The van der Waals surface area contributed by atoms with Crippen molar-refractivity contribution in [1.82, 2.24) is 10.1 Å². The van der Waals surface area contributed by atoms with Gasteiger partial charge in [-0.15, -0.1) is 5.06 Å². The first-order chi connectivity index (χ1) is 9.19. The predicted molar refractivity (Wildman–Crippen MR) is 67.7 cm³/mol. The quantitative estimate of drug-likeness (QED) is 0.561. The zero-order chi connectivity index (χ0) is 15.1. The lowest BCUT2D eigenvalue weighted by atomic mass is 10.0. The molecule has 2 aliphatic rings. The maximum absolute atomic E-state index is 12.0. The van der Waals surface area contributed by atoms with E-state index in [2.05, 4.69) is 4.74 Å². The van der Waals surface area contributed by atoms with E-state index in [-0.39, 0.29) is 24.0 Å². The van der Waals surface area contributed by atoms with Crippen LogP contribution < -0.4 is 0 Å². The van der Waals surface area contributed by atoms with Crippen LogP contribution in [0, 0.1) is 0 Å². The highest BCUT2D eigenvalue weighted by Gasteiger charge is 2.51. The Morgan fingerprint density at radius 2 is 1.70 bits per heavy atom. The van der Waals surface area contributed by atoms with Crippen LogP contribution in [-0.2, 0) is 24.1 Å². The van der Waals surface area contributed by atoms with Crippen molar-refractivity contribution in [1.29, 1.82) is 0 Å². The summed E-state index contributed by atoms with van der Waals surface area (Å²) in [5.74, 6) is -1.14. The molecule has 2 aliphatic heterocycles. The van der Waals surface area contributed by atoms with E-state index >= 15 is 0 Å². The Balaban J connectivity index is 2.15. The number of carbonyl (C=O) groups is 3. The van der Waals surface area contributed by atoms with Gasteiger partial charge in [0.05, 0.1) is 6.42 Å². The average molecular weight is 284 g/mol. The van der Waals surface area contributed by atoms with Gasteiger partial charge in [-0.1, -0.05) is 0 Å². The molecule has 0 saturated carbocycles. The van der Waals surface area contributed by atoms with Crippen LogP contribution in [-0.4, -0.2) is 45.6 Å². The molecule has 112 valence electrons. The van der Waals surface area contributed by atoms with Crippen molar-refractivity contribution in [2.24, 2.45) is 0 Å². The lowest BCUT2D eigenvalue weighted by Crippen LogP contribution is -2.53. The molecular formula is C13H20N2O5. The highest BCUT2D eigenvalue weighted by molar-refractivity contribution is 6.04. The van der Waals surface area contributed by atoms with Crippen LogP contribution in [0.25, 0.3) is 0 Å². The Kier molecular flexibility index (Phi) is 3.60. The lowest BCUT2D eigenvalue weighted by Gasteiger charge is -2.39. The van der Waals surface area contributed by atoms with Crippen LogP contribution >= 0.6 is 0 Å². The molecule has 0 bridgehead atoms. The van der Waals surface area contributed by atoms with Gasteiger partial charge in [0.1, 0.15) is 0 Å². The van der Waals surface area contributed by atoms with Crippen molar-refractivity contribution < 1.29 is 24.1 Å². The summed E-state index contributed by atoms with van der Waals surface area (Å²) in [5, 5.41) is 2.39. The Morgan fingerprint density at radius 3 is 2.20 bits per heavy atom. The minimum absolute atomic E-state index is 0.170. The fraction of sp³-hybridized carbons (Fsp3) is 0.769. The second kappa shape index (κ2) is 4.82. The second-order valence-electron chi connectivity index (χ2n) is 6.45. The van der Waals surface area contributed by atoms with Crippen molar-refractivity contribution >= 4 is 18.3 Å². The molecule has 0 aromatic heterocycles. The highest BCUT2D eigenvalue weighted by atomic mass is 16.9. The molecule has 0 aliphatic carbocycles. The largest absolute Gasteiger partial charge is 0.454 e. The molecular weight excluding hydrogens is 264 g/mol. The van der Waals surface area contributed by atoms with Crippen molar-refractivity contribution in [2.45, 2.75) is 64.1 Å². The molecule has 0 aromatic rings. The second-order valence-corrected chi connectivity index (χ2v) is 6.45. The normalized spacial score (nSPS) is 29.0. The molecule has 1 atom stereocenters. The van der Waals surface area contributed by atoms with Crippen LogP contribution in [0.3, 0.4) is 0 Å². The van der Waals surface area contributed by atoms with E-state index in [1.54, 1.807) is 5.06 Å². The van der Waals surface area contributed by atoms with Crippen molar-refractivity contribution in [3.05, 3.63) is 0 Å². The molecule has 7 heteroatoms. The van der Waals surface area contributed by atoms with Gasteiger partial charge in [-0.25, -0.2) is 0 Å². The molecule has 2 heterocycles. The molecule has 2 amide bonds. The van der Waals surface area contributed by atoms with Crippen LogP contribution in [0.1, 0.15) is 47.0 Å². The van der Waals surface area contributed by atoms with Crippen molar-refractivity contribution in [3.63, 3.8) is 0 Å². The summed E-state index contributed by atoms with van der Waals surface area (Å²) in [6, 6.07) is 0. The third-order valence-corrected chi connectivity index (χ3v) is 3.89. The fourth-order valence-corrected chi connectivity index (χ4v) is 2.78. The Bertz CT molecular complexity index is 430. The van der Waals surface area contributed by atoms with Gasteiger partial charge in [0.15, 0.2) is 6.10 Å². The smallest absolute Gasteiger partial charge is 0.296 e. The molecule has 0 radical (unpaired) electrons. The van der Waals surface area contributed by atoms with Crippen molar-refractivity contribution in [2.75, 3.05) is 0 Å². The van der Waals surface area contributed by atoms with Gasteiger partial charge in [0.2, 0.25) is 0 Å². The number of imide groups is 1. The molecule has 0 N–H and O–H groups in total. The van der Waals surface area contributed by atoms with E-state index in [0.29, 0.717) is 5.06 Å². The van der Waals surface area contributed by atoms with Gasteiger partial charge >= 0.3 is 0 Å². The molecule has 0 spiro atoms. The maximum Gasteiger partial charge on any atom is 0.296 e. The van der Waals surface area contributed by atoms with Crippen molar-refractivity contribution in [3.8, 4) is 0 Å². The molecule has 2 rings (SSSR count). The van der Waals surface area contributed by atoms with E-state index in [4.69, 9.17) is 4.94 Å². The predicted octanol–water partition coefficient (Wildman–Crippen LogP) is 0.786. The Hall–Kier alpha value is -1.47. The summed E-state index contributed by atoms with van der Waals surface area (Å²) in [6.07, 6.45) is 0.537. The highest BCUT2D eigenvalue weighted by Crippen LogP contribution is 2.41. The summed E-state index contributed by atoms with van der Waals surface area (Å²) in [7, 11) is 0. The number of nitrogens with zero attached hydrogens (tertiary/aromatic N) is 2. The fourth-order valence-electron chi connectivity index (χ4n) is 2.78. The van der Waals surface area contributed by atoms with Gasteiger partial charge in [-0.2, -0.15) is 10.0 Å². The topological polar surface area (TPSA) is 76.2 Å². The summed E-state index contributed by atoms with van der Waals surface area (Å²) in [6.45, 7) is 8.14. The van der Waals surface area contributed by atoms with Gasteiger partial charge in [-0.3, -0.25) is 14.4 Å². The molecule has 20 heavy (non-hydrogen) atoms. The standard InChI is InChI=1S/C13H20N2O5/c1-12(2)5-6-13(3,4)15(12)20-14-10(17)7-9(11(14)18)19-8-16/h8-9H,5-7H2,1-4H3. The first-order valence-corrected chi connectivity index (χ1v) is 6.63. The van der Waals surface area contributed by atoms with Crippen LogP contribution in [0.5, 0.6) is 0 Å². The summed E-state index contributed by atoms with van der Waals surface area (Å²) in [4.78, 5) is 39.7. The molecule has 0 aromatic carbocycles. The SMILES string of the molecule is CC1(C)CCC(C)(C)N1ON1C(=O)CC(OC=O)C1=O. The van der Waals surface area contributed by atoms with E-state index in [9.17, 15) is 14.4 Å². The number of carbonyl (C=O) groups excluding carboxylic acids is 3. The first kappa shape index (κ1) is 14.9. The summed E-state index contributed by atoms with van der Waals surface area (Å²) in [5.41, 5.74) is -0.568. The van der Waals surface area contributed by atoms with Crippen LogP contribution in [0.2, 0.25) is 0 Å². The van der Waals surface area contributed by atoms with Crippen LogP contribution in [0.4, 0.5) is 0 Å². The minimum atomic E-state index is -1.08. The first-order valence-electron chi connectivity index (χ1n) is 6.63. The Morgan fingerprint density at radius 1 is 1.15 bits per heavy atom. The number of rotatable bonds is 4. The number of hydrogen-bond donors (Lipinski definition) is 0. The number of ether oxygens (including phenoxy) is 1. The van der Waals surface area contributed by atoms with E-state index in [1.165, 1.54) is 0 Å². The van der Waals surface area contributed by atoms with Gasteiger partial charge in [0, 0.05) is 11.1 Å². The van der Waals surface area contributed by atoms with Gasteiger partial charge in [0.25, 0.3) is 18.3 Å². The molecule has 2 saturated heterocycles. The third kappa shape index (κ3) is 2.43. The number of hydrogen-bond acceptors (Lipinski definition) is 6. The number of hydroxylamine groups is 4. The molecule has 7 nitrogen and oxygen atoms in total. The minimum Gasteiger partial charge on any atom is -0.454 e. The zero-order valence-electron chi connectivity index (χ0n) is 12.2. The van der Waals surface area contributed by atoms with E-state index < -0.39 is 17.9 Å². The summed E-state index contributed by atoms with van der Waals surface area (Å²) < 4.78 is 4.59. The zero-order valence-corrected chi connectivity index (χ0v) is 12.2. The van der Waals surface area contributed by atoms with Gasteiger partial charge in [-0.05, 0) is 40.5 Å². The van der Waals surface area contributed by atoms with Crippen LogP contribution in [0.15, 0.2) is 0 Å². The number of amides is 2. The molecule has 2 fully saturated rings. The molecule has 1 unspecified atom stereocenters. The maximum atomic E-state index is 12.0. The monoisotopic (exact) mass is 284 g/mol. The van der Waals surface area contributed by atoms with E-state index in [0.717, 1.165) is 12.8 Å². The van der Waals surface area contributed by atoms with E-state index in [1.807, 2.05) is 27.7 Å². The Labute approximate surface area is 117 Å². The lowest BCUT2D eigenvalue weighted by molar-refractivity contribution is -0.341. The average Bonchev–Trinajstić information content (AvgIpc) is 2.71. The van der Waals surface area contributed by atoms with Gasteiger partial charge < -0.3 is 4.74 Å².